The molecule has 0 saturated carbocycles. The molecular formula is C14H19N3O5S. The van der Waals surface area contributed by atoms with E-state index < -0.39 is 11.0 Å². The summed E-state index contributed by atoms with van der Waals surface area (Å²) in [6.07, 6.45) is 0.385. The van der Waals surface area contributed by atoms with Crippen LogP contribution >= 0.6 is 11.8 Å². The number of aliphatic hydroxyl groups is 1. The molecule has 1 aromatic carbocycles. The zero-order valence-corrected chi connectivity index (χ0v) is 13.3. The third-order valence-electron chi connectivity index (χ3n) is 3.65. The summed E-state index contributed by atoms with van der Waals surface area (Å²) in [5.74, 6) is 0.504. The Hall–Kier alpha value is -2.00. The fourth-order valence-electron chi connectivity index (χ4n) is 2.46. The molecule has 0 bridgehead atoms. The van der Waals surface area contributed by atoms with E-state index in [9.17, 15) is 14.9 Å². The molecule has 1 heterocycles. The van der Waals surface area contributed by atoms with Gasteiger partial charge in [0.1, 0.15) is 0 Å². The van der Waals surface area contributed by atoms with E-state index in [0.717, 1.165) is 4.90 Å². The molecule has 1 fully saturated rings. The predicted molar refractivity (Wildman–Crippen MR) is 87.1 cm³/mol. The number of piperidine rings is 1. The number of hydrogen-bond donors (Lipinski definition) is 3. The molecule has 0 radical (unpaired) electrons. The molecule has 0 aromatic heterocycles. The Morgan fingerprint density at radius 1 is 1.43 bits per heavy atom. The van der Waals surface area contributed by atoms with Crippen LogP contribution in [0.1, 0.15) is 12.8 Å². The number of anilines is 1. The van der Waals surface area contributed by atoms with E-state index >= 15 is 0 Å². The molecular weight excluding hydrogens is 322 g/mol. The molecule has 1 aromatic rings. The van der Waals surface area contributed by atoms with E-state index in [1.54, 1.807) is 6.07 Å². The van der Waals surface area contributed by atoms with Crippen molar-refractivity contribution in [3.05, 3.63) is 28.3 Å². The number of nitrogens with zero attached hydrogens (tertiary/aromatic N) is 2. The second-order valence-electron chi connectivity index (χ2n) is 5.20. The van der Waals surface area contributed by atoms with Crippen molar-refractivity contribution in [3.8, 4) is 0 Å². The number of thioether (sulfide) groups is 1. The third-order valence-corrected chi connectivity index (χ3v) is 4.70. The maximum Gasteiger partial charge on any atom is 0.407 e. The fraction of sp³-hybridized carbons (Fsp3) is 0.500. The molecule has 0 atom stereocenters. The molecule has 23 heavy (non-hydrogen) atoms. The molecule has 1 aliphatic rings. The number of nitro groups is 1. The third kappa shape index (κ3) is 4.73. The van der Waals surface area contributed by atoms with Crippen molar-refractivity contribution in [3.63, 3.8) is 0 Å². The van der Waals surface area contributed by atoms with E-state index in [2.05, 4.69) is 5.32 Å². The van der Waals surface area contributed by atoms with Crippen LogP contribution in [0.5, 0.6) is 0 Å². The summed E-state index contributed by atoms with van der Waals surface area (Å²) in [5, 5.41) is 32.1. The first-order valence-corrected chi connectivity index (χ1v) is 8.26. The lowest BCUT2D eigenvalue weighted by molar-refractivity contribution is -0.384. The van der Waals surface area contributed by atoms with Crippen LogP contribution in [-0.4, -0.2) is 57.6 Å². The molecule has 0 spiro atoms. The number of rotatable bonds is 6. The highest BCUT2D eigenvalue weighted by Crippen LogP contribution is 2.32. The van der Waals surface area contributed by atoms with Crippen LogP contribution in [0, 0.1) is 10.1 Å². The maximum atomic E-state index is 10.9. The summed E-state index contributed by atoms with van der Waals surface area (Å²) in [5.41, 5.74) is 0.662. The van der Waals surface area contributed by atoms with Crippen molar-refractivity contribution in [1.82, 2.24) is 4.90 Å². The molecule has 3 N–H and O–H groups in total. The number of nitro benzene ring substituents is 1. The zero-order chi connectivity index (χ0) is 16.8. The van der Waals surface area contributed by atoms with Gasteiger partial charge in [0.05, 0.1) is 17.2 Å². The lowest BCUT2D eigenvalue weighted by atomic mass is 10.0. The monoisotopic (exact) mass is 341 g/mol. The van der Waals surface area contributed by atoms with Crippen LogP contribution in [0.2, 0.25) is 0 Å². The van der Waals surface area contributed by atoms with Crippen molar-refractivity contribution in [2.24, 2.45) is 0 Å². The second-order valence-corrected chi connectivity index (χ2v) is 6.33. The predicted octanol–water partition coefficient (Wildman–Crippen LogP) is 2.23. The van der Waals surface area contributed by atoms with Gasteiger partial charge in [-0.3, -0.25) is 10.1 Å². The van der Waals surface area contributed by atoms with Gasteiger partial charge in [-0.25, -0.2) is 4.79 Å². The molecule has 0 aliphatic carbocycles. The largest absolute Gasteiger partial charge is 0.465 e. The number of likely N-dealkylation sites (tertiary alicyclic amines) is 1. The Kier molecular flexibility index (Phi) is 6.05. The van der Waals surface area contributed by atoms with Crippen LogP contribution in [0.25, 0.3) is 0 Å². The smallest absolute Gasteiger partial charge is 0.407 e. The summed E-state index contributed by atoms with van der Waals surface area (Å²) in [7, 11) is 0. The van der Waals surface area contributed by atoms with E-state index in [4.69, 9.17) is 10.2 Å². The topological polar surface area (TPSA) is 116 Å². The minimum absolute atomic E-state index is 0.00354. The van der Waals surface area contributed by atoms with Gasteiger partial charge >= 0.3 is 6.09 Å². The van der Waals surface area contributed by atoms with Crippen molar-refractivity contribution >= 4 is 29.2 Å². The van der Waals surface area contributed by atoms with Gasteiger partial charge in [0, 0.05) is 41.9 Å². The molecule has 0 unspecified atom stereocenters. The van der Waals surface area contributed by atoms with Gasteiger partial charge in [-0.2, -0.15) is 0 Å². The minimum Gasteiger partial charge on any atom is -0.465 e. The van der Waals surface area contributed by atoms with Crippen molar-refractivity contribution in [2.75, 3.05) is 30.8 Å². The van der Waals surface area contributed by atoms with Crippen LogP contribution in [0.3, 0.4) is 0 Å². The standard InChI is InChI=1S/C14H19N3O5S/c18-7-8-23-13-2-1-11(17(21)22)9-12(13)15-10-3-5-16(6-4-10)14(19)20/h1-2,9-10,15,18H,3-8H2,(H,19,20). The minimum atomic E-state index is -0.919. The van der Waals surface area contributed by atoms with Gasteiger partial charge in [-0.05, 0) is 18.9 Å². The number of aliphatic hydroxyl groups excluding tert-OH is 1. The van der Waals surface area contributed by atoms with Crippen molar-refractivity contribution in [2.45, 2.75) is 23.8 Å². The Labute approximate surface area is 137 Å². The number of nitrogens with one attached hydrogen (secondary N) is 1. The average Bonchev–Trinajstić information content (AvgIpc) is 2.54. The molecule has 8 nitrogen and oxygen atoms in total. The van der Waals surface area contributed by atoms with Gasteiger partial charge in [-0.1, -0.05) is 0 Å². The number of benzene rings is 1. The highest BCUT2D eigenvalue weighted by atomic mass is 32.2. The SMILES string of the molecule is O=C(O)N1CCC(Nc2cc([N+](=O)[O-])ccc2SCCO)CC1. The summed E-state index contributed by atoms with van der Waals surface area (Å²) >= 11 is 1.42. The van der Waals surface area contributed by atoms with Gasteiger partial charge in [0.25, 0.3) is 5.69 Å². The number of carbonyl (C=O) groups is 1. The lowest BCUT2D eigenvalue weighted by Gasteiger charge is -2.31. The van der Waals surface area contributed by atoms with E-state index in [0.29, 0.717) is 37.4 Å². The molecule has 126 valence electrons. The average molecular weight is 341 g/mol. The van der Waals surface area contributed by atoms with E-state index in [1.165, 1.54) is 28.8 Å². The first-order chi connectivity index (χ1) is 11.0. The van der Waals surface area contributed by atoms with Crippen LogP contribution < -0.4 is 5.32 Å². The van der Waals surface area contributed by atoms with Gasteiger partial charge < -0.3 is 20.4 Å². The second kappa shape index (κ2) is 8.02. The normalized spacial score (nSPS) is 15.4. The summed E-state index contributed by atoms with van der Waals surface area (Å²) in [4.78, 5) is 23.6. The zero-order valence-electron chi connectivity index (χ0n) is 12.5. The first-order valence-electron chi connectivity index (χ1n) is 7.27. The Bertz CT molecular complexity index is 576. The Morgan fingerprint density at radius 3 is 2.70 bits per heavy atom. The molecule has 9 heteroatoms. The van der Waals surface area contributed by atoms with Crippen molar-refractivity contribution in [1.29, 1.82) is 0 Å². The van der Waals surface area contributed by atoms with E-state index in [1.807, 2.05) is 0 Å². The van der Waals surface area contributed by atoms with Crippen LogP contribution in [0.15, 0.2) is 23.1 Å². The van der Waals surface area contributed by atoms with Gasteiger partial charge in [0.2, 0.25) is 0 Å². The molecule has 2 rings (SSSR count). The van der Waals surface area contributed by atoms with Crippen LogP contribution in [0.4, 0.5) is 16.2 Å². The summed E-state index contributed by atoms with van der Waals surface area (Å²) in [6, 6.07) is 4.68. The van der Waals surface area contributed by atoms with Crippen molar-refractivity contribution < 1.29 is 19.9 Å². The molecule has 1 saturated heterocycles. The fourth-order valence-corrected chi connectivity index (χ4v) is 3.21. The number of non-ortho nitro benzene ring substituents is 1. The van der Waals surface area contributed by atoms with E-state index in [-0.39, 0.29) is 18.3 Å². The first kappa shape index (κ1) is 17.4. The van der Waals surface area contributed by atoms with Gasteiger partial charge in [-0.15, -0.1) is 11.8 Å². The lowest BCUT2D eigenvalue weighted by Crippen LogP contribution is -2.41. The number of carboxylic acid groups (broad SMARTS) is 1. The highest BCUT2D eigenvalue weighted by molar-refractivity contribution is 7.99. The Morgan fingerprint density at radius 2 is 2.13 bits per heavy atom. The highest BCUT2D eigenvalue weighted by Gasteiger charge is 2.23. The van der Waals surface area contributed by atoms with Gasteiger partial charge in [0.15, 0.2) is 0 Å². The quantitative estimate of drug-likeness (QED) is 0.413. The molecule has 1 amide bonds. The number of amides is 1. The summed E-state index contributed by atoms with van der Waals surface area (Å²) < 4.78 is 0. The van der Waals surface area contributed by atoms with Crippen LogP contribution in [-0.2, 0) is 0 Å². The maximum absolute atomic E-state index is 10.9. The number of hydrogen-bond acceptors (Lipinski definition) is 6. The Balaban J connectivity index is 2.08. The molecule has 1 aliphatic heterocycles. The summed E-state index contributed by atoms with van der Waals surface area (Å²) in [6.45, 7) is 0.917.